The zero-order valence-electron chi connectivity index (χ0n) is 12.6. The molecule has 0 saturated heterocycles. The van der Waals surface area contributed by atoms with E-state index in [0.29, 0.717) is 22.1 Å². The lowest BCUT2D eigenvalue weighted by Crippen LogP contribution is -3.12. The number of benzene rings is 1. The van der Waals surface area contributed by atoms with Gasteiger partial charge >= 0.3 is 0 Å². The second-order valence-corrected chi connectivity index (χ2v) is 4.77. The van der Waals surface area contributed by atoms with Gasteiger partial charge in [-0.25, -0.2) is 0 Å². The van der Waals surface area contributed by atoms with Crippen molar-refractivity contribution in [1.29, 1.82) is 0 Å². The van der Waals surface area contributed by atoms with Gasteiger partial charge in [-0.3, -0.25) is 4.79 Å². The van der Waals surface area contributed by atoms with Gasteiger partial charge in [0, 0.05) is 6.07 Å². The number of anilines is 1. The van der Waals surface area contributed by atoms with Gasteiger partial charge in [0.1, 0.15) is 17.5 Å². The molecule has 7 heteroatoms. The number of methoxy groups -OCH3 is 2. The van der Waals surface area contributed by atoms with E-state index in [0.717, 1.165) is 0 Å². The van der Waals surface area contributed by atoms with Crippen molar-refractivity contribution in [2.75, 3.05) is 33.6 Å². The summed E-state index contributed by atoms with van der Waals surface area (Å²) in [5.74, 6) is -0.652. The van der Waals surface area contributed by atoms with Crippen LogP contribution < -0.4 is 24.8 Å². The molecule has 0 aliphatic carbocycles. The average Bonchev–Trinajstić information content (AvgIpc) is 2.44. The molecule has 1 aromatic rings. The second-order valence-electron chi connectivity index (χ2n) is 4.77. The monoisotopic (exact) mass is 296 g/mol. The smallest absolute Gasteiger partial charge is 0.230 e. The molecule has 1 amide bonds. The van der Waals surface area contributed by atoms with Crippen molar-refractivity contribution in [2.45, 2.75) is 12.5 Å². The predicted molar refractivity (Wildman–Crippen MR) is 74.4 cm³/mol. The third-order valence-electron chi connectivity index (χ3n) is 3.05. The summed E-state index contributed by atoms with van der Waals surface area (Å²) in [6.45, 7) is 0. The highest BCUT2D eigenvalue weighted by Crippen LogP contribution is 2.29. The first kappa shape index (κ1) is 16.8. The molecule has 7 nitrogen and oxygen atoms in total. The number of carbonyl (C=O) groups excluding carboxylic acids is 2. The predicted octanol–water partition coefficient (Wildman–Crippen LogP) is -1.70. The highest BCUT2D eigenvalue weighted by molar-refractivity contribution is 5.94. The molecule has 0 radical (unpaired) electrons. The largest absolute Gasteiger partial charge is 0.544 e. The number of ether oxygens (including phenoxy) is 2. The summed E-state index contributed by atoms with van der Waals surface area (Å²) < 4.78 is 10.2. The number of nitrogens with one attached hydrogen (secondary N) is 2. The van der Waals surface area contributed by atoms with Crippen molar-refractivity contribution < 1.29 is 29.1 Å². The number of aliphatic carboxylic acids is 1. The van der Waals surface area contributed by atoms with Gasteiger partial charge in [-0.2, -0.15) is 0 Å². The van der Waals surface area contributed by atoms with Crippen molar-refractivity contribution in [3.8, 4) is 11.5 Å². The fraction of sp³-hybridized carbons (Fsp3) is 0.429. The molecule has 0 bridgehead atoms. The molecular weight excluding hydrogens is 276 g/mol. The van der Waals surface area contributed by atoms with Gasteiger partial charge in [0.05, 0.1) is 46.4 Å². The molecule has 0 aliphatic heterocycles. The summed E-state index contributed by atoms with van der Waals surface area (Å²) in [4.78, 5) is 23.6. The number of quaternary nitrogens is 1. The summed E-state index contributed by atoms with van der Waals surface area (Å²) in [6, 6.07) is 4.02. The fourth-order valence-corrected chi connectivity index (χ4v) is 1.81. The van der Waals surface area contributed by atoms with Crippen LogP contribution in [0.15, 0.2) is 18.2 Å². The maximum absolute atomic E-state index is 12.0. The molecule has 0 aliphatic rings. The van der Waals surface area contributed by atoms with Crippen molar-refractivity contribution in [3.63, 3.8) is 0 Å². The number of carboxylic acid groups (broad SMARTS) is 1. The Morgan fingerprint density at radius 1 is 1.29 bits per heavy atom. The summed E-state index contributed by atoms with van der Waals surface area (Å²) >= 11 is 0. The van der Waals surface area contributed by atoms with E-state index in [4.69, 9.17) is 9.47 Å². The van der Waals surface area contributed by atoms with Crippen molar-refractivity contribution in [2.24, 2.45) is 0 Å². The maximum atomic E-state index is 12.0. The molecule has 2 N–H and O–H groups in total. The number of hydrogen-bond acceptors (Lipinski definition) is 5. The topological polar surface area (TPSA) is 92.1 Å². The quantitative estimate of drug-likeness (QED) is 0.625. The lowest BCUT2D eigenvalue weighted by Gasteiger charge is -2.21. The molecule has 0 aromatic heterocycles. The minimum atomic E-state index is -1.26. The van der Waals surface area contributed by atoms with Gasteiger partial charge < -0.3 is 29.6 Å². The molecule has 0 heterocycles. The van der Waals surface area contributed by atoms with Gasteiger partial charge in [-0.05, 0) is 12.1 Å². The fourth-order valence-electron chi connectivity index (χ4n) is 1.81. The third kappa shape index (κ3) is 4.64. The molecule has 1 rings (SSSR count). The zero-order valence-corrected chi connectivity index (χ0v) is 12.6. The standard InChI is InChI=1S/C14H20N2O5/c1-16(2)11(14(18)19)8-13(17)15-10-6-5-9(20-3)7-12(10)21-4/h5-7,11H,8H2,1-4H3,(H,15,17)(H,18,19)/t11-/m1/s1. The van der Waals surface area contributed by atoms with Crippen LogP contribution in [0.25, 0.3) is 0 Å². The number of carbonyl (C=O) groups is 2. The van der Waals surface area contributed by atoms with E-state index in [1.165, 1.54) is 14.2 Å². The van der Waals surface area contributed by atoms with Crippen LogP contribution in [0.3, 0.4) is 0 Å². The first-order valence-electron chi connectivity index (χ1n) is 6.41. The Morgan fingerprint density at radius 3 is 2.43 bits per heavy atom. The number of amides is 1. The molecular formula is C14H20N2O5. The molecule has 0 fully saturated rings. The van der Waals surface area contributed by atoms with E-state index < -0.39 is 17.9 Å². The van der Waals surface area contributed by atoms with E-state index in [-0.39, 0.29) is 6.42 Å². The third-order valence-corrected chi connectivity index (χ3v) is 3.05. The SMILES string of the molecule is COc1ccc(NC(=O)C[C@H](C(=O)[O-])[NH+](C)C)c(OC)c1. The van der Waals surface area contributed by atoms with Gasteiger partial charge in [-0.1, -0.05) is 0 Å². The Hall–Kier alpha value is -2.28. The van der Waals surface area contributed by atoms with Crippen LogP contribution in [-0.4, -0.2) is 46.2 Å². The lowest BCUT2D eigenvalue weighted by molar-refractivity contribution is -0.878. The van der Waals surface area contributed by atoms with Gasteiger partial charge in [0.2, 0.25) is 5.91 Å². The Kier molecular flexibility index (Phi) is 5.98. The Balaban J connectivity index is 2.81. The minimum Gasteiger partial charge on any atom is -0.544 e. The Labute approximate surface area is 123 Å². The van der Waals surface area contributed by atoms with Crippen molar-refractivity contribution in [1.82, 2.24) is 0 Å². The van der Waals surface area contributed by atoms with E-state index in [1.807, 2.05) is 0 Å². The van der Waals surface area contributed by atoms with Gasteiger partial charge in [0.25, 0.3) is 0 Å². The highest BCUT2D eigenvalue weighted by atomic mass is 16.5. The molecule has 116 valence electrons. The maximum Gasteiger partial charge on any atom is 0.230 e. The van der Waals surface area contributed by atoms with Crippen LogP contribution in [0.2, 0.25) is 0 Å². The number of carboxylic acids is 1. The van der Waals surface area contributed by atoms with Crippen LogP contribution in [-0.2, 0) is 9.59 Å². The highest BCUT2D eigenvalue weighted by Gasteiger charge is 2.21. The van der Waals surface area contributed by atoms with E-state index in [2.05, 4.69) is 5.32 Å². The second kappa shape index (κ2) is 7.49. The number of likely N-dealkylation sites (N-methyl/N-ethyl adjacent to an activating group) is 1. The molecule has 0 saturated carbocycles. The Bertz CT molecular complexity index is 516. The summed E-state index contributed by atoms with van der Waals surface area (Å²) in [6.07, 6.45) is -0.181. The van der Waals surface area contributed by atoms with Crippen LogP contribution in [0.5, 0.6) is 11.5 Å². The molecule has 0 unspecified atom stereocenters. The van der Waals surface area contributed by atoms with Gasteiger partial charge in [0.15, 0.2) is 0 Å². The summed E-state index contributed by atoms with van der Waals surface area (Å²) in [7, 11) is 6.30. The summed E-state index contributed by atoms with van der Waals surface area (Å²) in [5, 5.41) is 13.6. The van der Waals surface area contributed by atoms with E-state index >= 15 is 0 Å². The number of rotatable bonds is 7. The normalized spacial score (nSPS) is 11.9. The van der Waals surface area contributed by atoms with Gasteiger partial charge in [-0.15, -0.1) is 0 Å². The average molecular weight is 296 g/mol. The minimum absolute atomic E-state index is 0.181. The molecule has 1 atom stereocenters. The first-order valence-corrected chi connectivity index (χ1v) is 6.41. The molecule has 1 aromatic carbocycles. The summed E-state index contributed by atoms with van der Waals surface area (Å²) in [5.41, 5.74) is 0.453. The first-order chi connectivity index (χ1) is 9.88. The molecule has 21 heavy (non-hydrogen) atoms. The van der Waals surface area contributed by atoms with E-state index in [1.54, 1.807) is 32.3 Å². The Morgan fingerprint density at radius 2 is 1.95 bits per heavy atom. The number of hydrogen-bond donors (Lipinski definition) is 2. The van der Waals surface area contributed by atoms with E-state index in [9.17, 15) is 14.7 Å². The van der Waals surface area contributed by atoms with Crippen molar-refractivity contribution >= 4 is 17.6 Å². The van der Waals surface area contributed by atoms with Crippen LogP contribution in [0.4, 0.5) is 5.69 Å². The lowest BCUT2D eigenvalue weighted by atomic mass is 10.1. The van der Waals surface area contributed by atoms with Crippen molar-refractivity contribution in [3.05, 3.63) is 18.2 Å². The van der Waals surface area contributed by atoms with Crippen LogP contribution in [0, 0.1) is 0 Å². The van der Waals surface area contributed by atoms with Crippen LogP contribution in [0.1, 0.15) is 6.42 Å². The molecule has 0 spiro atoms. The zero-order chi connectivity index (χ0) is 16.0. The van der Waals surface area contributed by atoms with Crippen LogP contribution >= 0.6 is 0 Å².